The van der Waals surface area contributed by atoms with Crippen molar-refractivity contribution in [2.45, 2.75) is 24.5 Å². The molecule has 162 valence electrons. The number of hydrazone groups is 1. The second-order valence-corrected chi connectivity index (χ2v) is 9.13. The van der Waals surface area contributed by atoms with Gasteiger partial charge in [0.2, 0.25) is 5.78 Å². The van der Waals surface area contributed by atoms with Gasteiger partial charge in [-0.25, -0.2) is 9.40 Å². The van der Waals surface area contributed by atoms with E-state index in [9.17, 15) is 14.0 Å². The Morgan fingerprint density at radius 1 is 1.28 bits per heavy atom. The molecule has 0 radical (unpaired) electrons. The number of aryl methyl sites for hydroxylation is 1. The summed E-state index contributed by atoms with van der Waals surface area (Å²) in [6.45, 7) is 1.78. The van der Waals surface area contributed by atoms with Crippen LogP contribution in [-0.2, 0) is 4.79 Å². The van der Waals surface area contributed by atoms with Gasteiger partial charge >= 0.3 is 0 Å². The summed E-state index contributed by atoms with van der Waals surface area (Å²) in [5, 5.41) is 16.6. The lowest BCUT2D eigenvalue weighted by atomic mass is 10.0. The summed E-state index contributed by atoms with van der Waals surface area (Å²) in [6.07, 6.45) is 0.552. The molecule has 1 amide bonds. The van der Waals surface area contributed by atoms with Crippen LogP contribution in [0.4, 0.5) is 4.39 Å². The van der Waals surface area contributed by atoms with Gasteiger partial charge in [0.15, 0.2) is 5.16 Å². The van der Waals surface area contributed by atoms with E-state index in [1.165, 1.54) is 35.0 Å². The number of fused-ring (bicyclic) bond motifs is 1. The molecule has 4 aromatic rings. The lowest BCUT2D eigenvalue weighted by molar-refractivity contribution is -0.130. The molecule has 1 aliphatic heterocycles. The number of thiophene rings is 1. The lowest BCUT2D eigenvalue weighted by Crippen LogP contribution is -2.28. The van der Waals surface area contributed by atoms with Gasteiger partial charge in [-0.1, -0.05) is 30.0 Å². The largest absolute Gasteiger partial charge is 0.291 e. The number of nitrogens with zero attached hydrogens (tertiary/aromatic N) is 5. The van der Waals surface area contributed by atoms with Crippen LogP contribution in [0.1, 0.15) is 28.6 Å². The van der Waals surface area contributed by atoms with Gasteiger partial charge in [-0.15, -0.1) is 21.5 Å². The minimum atomic E-state index is -0.327. The fourth-order valence-electron chi connectivity index (χ4n) is 3.63. The maximum atomic E-state index is 13.4. The van der Waals surface area contributed by atoms with Gasteiger partial charge in [-0.05, 0) is 36.1 Å². The zero-order valence-corrected chi connectivity index (χ0v) is 18.5. The second kappa shape index (κ2) is 8.32. The smallest absolute Gasteiger partial charge is 0.253 e. The van der Waals surface area contributed by atoms with Crippen LogP contribution in [0.2, 0.25) is 0 Å². The van der Waals surface area contributed by atoms with Crippen LogP contribution < -0.4 is 5.56 Å². The topological polar surface area (TPSA) is 95.7 Å². The zero-order chi connectivity index (χ0) is 22.2. The molecule has 1 N–H and O–H groups in total. The Labute approximate surface area is 189 Å². The van der Waals surface area contributed by atoms with Crippen molar-refractivity contribution >= 4 is 40.5 Å². The van der Waals surface area contributed by atoms with Crippen LogP contribution in [0.3, 0.4) is 0 Å². The van der Waals surface area contributed by atoms with Crippen molar-refractivity contribution in [3.63, 3.8) is 0 Å². The van der Waals surface area contributed by atoms with Crippen molar-refractivity contribution in [1.29, 1.82) is 0 Å². The molecular formula is C21H17FN6O2S2. The molecule has 0 fully saturated rings. The number of nitrogens with one attached hydrogen (secondary N) is 1. The molecule has 4 heterocycles. The molecule has 0 aliphatic carbocycles. The van der Waals surface area contributed by atoms with E-state index in [2.05, 4.69) is 20.3 Å². The summed E-state index contributed by atoms with van der Waals surface area (Å²) in [5.74, 6) is -0.118. The number of rotatable bonds is 5. The third-order valence-corrected chi connectivity index (χ3v) is 6.94. The number of hydrogen-bond donors (Lipinski definition) is 1. The Morgan fingerprint density at radius 3 is 2.84 bits per heavy atom. The first kappa shape index (κ1) is 20.6. The van der Waals surface area contributed by atoms with E-state index in [-0.39, 0.29) is 29.1 Å². The van der Waals surface area contributed by atoms with Crippen LogP contribution >= 0.6 is 23.1 Å². The Kier molecular flexibility index (Phi) is 5.35. The molecule has 0 unspecified atom stereocenters. The van der Waals surface area contributed by atoms with Gasteiger partial charge in [0.25, 0.3) is 11.5 Å². The summed E-state index contributed by atoms with van der Waals surface area (Å²) in [6, 6.07) is 11.2. The number of carbonyl (C=O) groups is 1. The molecule has 1 aliphatic rings. The fourth-order valence-corrected chi connectivity index (χ4v) is 5.20. The van der Waals surface area contributed by atoms with E-state index in [1.54, 1.807) is 34.8 Å². The summed E-state index contributed by atoms with van der Waals surface area (Å²) in [4.78, 5) is 28.5. The van der Waals surface area contributed by atoms with E-state index in [0.29, 0.717) is 23.0 Å². The predicted octanol–water partition coefficient (Wildman–Crippen LogP) is 3.40. The molecular weight excluding hydrogens is 451 g/mol. The van der Waals surface area contributed by atoms with E-state index < -0.39 is 0 Å². The molecule has 0 spiro atoms. The number of thioether (sulfide) groups is 1. The Bertz CT molecular complexity index is 1380. The van der Waals surface area contributed by atoms with Gasteiger partial charge < -0.3 is 0 Å². The van der Waals surface area contributed by atoms with Gasteiger partial charge in [-0.3, -0.25) is 19.0 Å². The third-order valence-electron chi connectivity index (χ3n) is 5.11. The average molecular weight is 469 g/mol. The highest BCUT2D eigenvalue weighted by atomic mass is 32.2. The number of aromatic nitrogens is 4. The first-order valence-electron chi connectivity index (χ1n) is 9.76. The van der Waals surface area contributed by atoms with E-state index >= 15 is 0 Å². The third kappa shape index (κ3) is 3.84. The molecule has 8 nitrogen and oxygen atoms in total. The first-order chi connectivity index (χ1) is 15.5. The summed E-state index contributed by atoms with van der Waals surface area (Å²) in [5.41, 5.74) is 2.06. The summed E-state index contributed by atoms with van der Waals surface area (Å²) in [7, 11) is 0. The lowest BCUT2D eigenvalue weighted by Gasteiger charge is -2.21. The molecule has 3 aromatic heterocycles. The number of aromatic amines is 1. The quantitative estimate of drug-likeness (QED) is 0.453. The summed E-state index contributed by atoms with van der Waals surface area (Å²) >= 11 is 2.78. The Hall–Kier alpha value is -3.31. The van der Waals surface area contributed by atoms with Crippen molar-refractivity contribution in [2.24, 2.45) is 5.10 Å². The van der Waals surface area contributed by atoms with Crippen LogP contribution in [0.15, 0.2) is 62.9 Å². The highest BCUT2D eigenvalue weighted by molar-refractivity contribution is 7.99. The highest BCUT2D eigenvalue weighted by Gasteiger charge is 2.33. The van der Waals surface area contributed by atoms with Crippen molar-refractivity contribution in [2.75, 3.05) is 5.75 Å². The van der Waals surface area contributed by atoms with Crippen molar-refractivity contribution in [3.8, 4) is 0 Å². The zero-order valence-electron chi connectivity index (χ0n) is 16.9. The predicted molar refractivity (Wildman–Crippen MR) is 121 cm³/mol. The summed E-state index contributed by atoms with van der Waals surface area (Å²) < 4.78 is 15.1. The number of carbonyl (C=O) groups excluding carboxylic acids is 1. The molecule has 32 heavy (non-hydrogen) atoms. The SMILES string of the molecule is Cc1cc(=O)[nH]c2nnc(SCC(=O)N3N=C(c4cccs4)C[C@@H]3c3ccc(F)cc3)n12. The van der Waals surface area contributed by atoms with Crippen molar-refractivity contribution < 1.29 is 9.18 Å². The van der Waals surface area contributed by atoms with Crippen LogP contribution in [-0.4, -0.2) is 42.0 Å². The molecule has 1 aromatic carbocycles. The molecule has 1 atom stereocenters. The number of amides is 1. The molecule has 11 heteroatoms. The molecule has 0 saturated carbocycles. The Morgan fingerprint density at radius 2 is 2.09 bits per heavy atom. The minimum Gasteiger partial charge on any atom is -0.291 e. The number of H-pyrrole nitrogens is 1. The van der Waals surface area contributed by atoms with E-state index in [4.69, 9.17) is 0 Å². The number of halogens is 1. The van der Waals surface area contributed by atoms with Crippen LogP contribution in [0, 0.1) is 12.7 Å². The maximum Gasteiger partial charge on any atom is 0.253 e. The first-order valence-corrected chi connectivity index (χ1v) is 11.6. The van der Waals surface area contributed by atoms with E-state index in [1.807, 2.05) is 17.5 Å². The van der Waals surface area contributed by atoms with E-state index in [0.717, 1.165) is 16.2 Å². The van der Waals surface area contributed by atoms with Crippen molar-refractivity contribution in [3.05, 3.63) is 80.2 Å². The molecule has 0 saturated heterocycles. The average Bonchev–Trinajstić information content (AvgIpc) is 3.51. The maximum absolute atomic E-state index is 13.4. The van der Waals surface area contributed by atoms with Crippen LogP contribution in [0.25, 0.3) is 5.78 Å². The van der Waals surface area contributed by atoms with Gasteiger partial charge in [-0.2, -0.15) is 5.10 Å². The van der Waals surface area contributed by atoms with Gasteiger partial charge in [0.05, 0.1) is 22.4 Å². The van der Waals surface area contributed by atoms with Crippen LogP contribution in [0.5, 0.6) is 0 Å². The normalized spacial score (nSPS) is 16.0. The Balaban J connectivity index is 1.41. The highest BCUT2D eigenvalue weighted by Crippen LogP contribution is 2.34. The molecule has 0 bridgehead atoms. The van der Waals surface area contributed by atoms with Gasteiger partial charge in [0.1, 0.15) is 5.82 Å². The molecule has 5 rings (SSSR count). The minimum absolute atomic E-state index is 0.0816. The fraction of sp³-hybridized carbons (Fsp3) is 0.190. The number of hydrogen-bond acceptors (Lipinski definition) is 7. The van der Waals surface area contributed by atoms with Gasteiger partial charge in [0, 0.05) is 18.2 Å². The number of benzene rings is 1. The standard InChI is InChI=1S/C21H17FN6O2S2/c1-12-9-18(29)23-20-24-25-21(27(12)20)32-11-19(30)28-16(13-4-6-14(22)7-5-13)10-15(26-28)17-3-2-8-31-17/h2-9,16H,10-11H2,1H3,(H,23,24,29)/t16-/m1/s1. The van der Waals surface area contributed by atoms with Crippen molar-refractivity contribution in [1.82, 2.24) is 24.6 Å². The monoisotopic (exact) mass is 468 g/mol. The second-order valence-electron chi connectivity index (χ2n) is 7.24.